The summed E-state index contributed by atoms with van der Waals surface area (Å²) in [6.45, 7) is 0.756. The van der Waals surface area contributed by atoms with Crippen molar-refractivity contribution in [2.75, 3.05) is 13.7 Å². The minimum absolute atomic E-state index is 0.201. The van der Waals surface area contributed by atoms with Crippen LogP contribution in [0.3, 0.4) is 0 Å². The van der Waals surface area contributed by atoms with Crippen LogP contribution in [-0.4, -0.2) is 13.7 Å². The highest BCUT2D eigenvalue weighted by Crippen LogP contribution is 2.41. The highest BCUT2D eigenvalue weighted by molar-refractivity contribution is 9.10. The molecule has 6 heteroatoms. The number of nitrogens with one attached hydrogen (secondary N) is 1. The average molecular weight is 338 g/mol. The lowest BCUT2D eigenvalue weighted by Gasteiger charge is -2.27. The summed E-state index contributed by atoms with van der Waals surface area (Å²) in [5.41, 5.74) is -0.327. The molecule has 1 aliphatic heterocycles. The van der Waals surface area contributed by atoms with E-state index in [4.69, 9.17) is 4.74 Å². The summed E-state index contributed by atoms with van der Waals surface area (Å²) < 4.78 is 45.0. The molecule has 1 aromatic carbocycles. The molecule has 0 amide bonds. The van der Waals surface area contributed by atoms with Crippen molar-refractivity contribution in [3.63, 3.8) is 0 Å². The normalized spacial score (nSPS) is 20.4. The van der Waals surface area contributed by atoms with Crippen molar-refractivity contribution in [3.05, 3.63) is 27.7 Å². The average Bonchev–Trinajstić information content (AvgIpc) is 2.38. The highest BCUT2D eigenvalue weighted by Gasteiger charge is 2.36. The van der Waals surface area contributed by atoms with E-state index in [0.29, 0.717) is 10.0 Å². The fourth-order valence-corrected chi connectivity index (χ4v) is 2.90. The summed E-state index contributed by atoms with van der Waals surface area (Å²) >= 11 is 3.25. The van der Waals surface area contributed by atoms with Gasteiger partial charge in [-0.1, -0.05) is 6.42 Å². The number of ether oxygens (including phenoxy) is 1. The molecule has 1 atom stereocenters. The standard InChI is InChI=1S/C13H15BrF3NO/c1-19-12-7-9(13(15,16)17)8(6-10(12)14)11-4-2-3-5-18-11/h6-7,11,18H,2-5H2,1H3. The van der Waals surface area contributed by atoms with Gasteiger partial charge in [0.15, 0.2) is 0 Å². The van der Waals surface area contributed by atoms with E-state index in [1.54, 1.807) is 0 Å². The second kappa shape index (κ2) is 5.71. The molecule has 1 aromatic rings. The summed E-state index contributed by atoms with van der Waals surface area (Å²) in [5, 5.41) is 3.15. The maximum absolute atomic E-state index is 13.2. The van der Waals surface area contributed by atoms with Crippen LogP contribution in [0.1, 0.15) is 36.4 Å². The Morgan fingerprint density at radius 3 is 2.58 bits per heavy atom. The molecule has 1 heterocycles. The Morgan fingerprint density at radius 1 is 1.32 bits per heavy atom. The fourth-order valence-electron chi connectivity index (χ4n) is 2.38. The zero-order chi connectivity index (χ0) is 14.0. The molecule has 0 bridgehead atoms. The molecule has 1 N–H and O–H groups in total. The Labute approximate surface area is 118 Å². The third-order valence-corrected chi connectivity index (χ3v) is 3.93. The van der Waals surface area contributed by atoms with Crippen LogP contribution in [0, 0.1) is 0 Å². The van der Waals surface area contributed by atoms with E-state index >= 15 is 0 Å². The number of hydrogen-bond acceptors (Lipinski definition) is 2. The van der Waals surface area contributed by atoms with Crippen LogP contribution in [0.2, 0.25) is 0 Å². The first-order chi connectivity index (χ1) is 8.93. The molecule has 0 spiro atoms. The highest BCUT2D eigenvalue weighted by atomic mass is 79.9. The van der Waals surface area contributed by atoms with E-state index in [2.05, 4.69) is 21.2 Å². The first kappa shape index (κ1) is 14.7. The molecular formula is C13H15BrF3NO. The SMILES string of the molecule is COc1cc(C(F)(F)F)c(C2CCCCN2)cc1Br. The lowest BCUT2D eigenvalue weighted by atomic mass is 9.93. The van der Waals surface area contributed by atoms with Gasteiger partial charge in [-0.3, -0.25) is 0 Å². The zero-order valence-corrected chi connectivity index (χ0v) is 12.1. The smallest absolute Gasteiger partial charge is 0.416 e. The molecule has 19 heavy (non-hydrogen) atoms. The molecular weight excluding hydrogens is 323 g/mol. The summed E-state index contributed by atoms with van der Waals surface area (Å²) in [5.74, 6) is 0.201. The summed E-state index contributed by atoms with van der Waals surface area (Å²) in [6.07, 6.45) is -1.70. The first-order valence-electron chi connectivity index (χ1n) is 6.11. The second-order valence-electron chi connectivity index (χ2n) is 4.57. The Morgan fingerprint density at radius 2 is 2.05 bits per heavy atom. The minimum atomic E-state index is -4.37. The van der Waals surface area contributed by atoms with Crippen molar-refractivity contribution in [2.24, 2.45) is 0 Å². The van der Waals surface area contributed by atoms with Crippen molar-refractivity contribution >= 4 is 15.9 Å². The number of alkyl halides is 3. The number of piperidine rings is 1. The van der Waals surface area contributed by atoms with Gasteiger partial charge in [-0.15, -0.1) is 0 Å². The first-order valence-corrected chi connectivity index (χ1v) is 6.91. The number of hydrogen-bond donors (Lipinski definition) is 1. The fraction of sp³-hybridized carbons (Fsp3) is 0.538. The predicted octanol–water partition coefficient (Wildman–Crippen LogP) is 4.29. The monoisotopic (exact) mass is 337 g/mol. The summed E-state index contributed by atoms with van der Waals surface area (Å²) in [7, 11) is 1.36. The molecule has 1 unspecified atom stereocenters. The maximum atomic E-state index is 13.2. The molecule has 1 saturated heterocycles. The molecule has 1 fully saturated rings. The van der Waals surface area contributed by atoms with Crippen LogP contribution in [0.25, 0.3) is 0 Å². The van der Waals surface area contributed by atoms with Gasteiger partial charge in [-0.2, -0.15) is 13.2 Å². The van der Waals surface area contributed by atoms with Gasteiger partial charge in [0.1, 0.15) is 5.75 Å². The quantitative estimate of drug-likeness (QED) is 0.869. The van der Waals surface area contributed by atoms with Gasteiger partial charge in [0.2, 0.25) is 0 Å². The lowest BCUT2D eigenvalue weighted by Crippen LogP contribution is -2.28. The van der Waals surface area contributed by atoms with Crippen LogP contribution in [0.5, 0.6) is 5.75 Å². The van der Waals surface area contributed by atoms with E-state index in [1.807, 2.05) is 0 Å². The third-order valence-electron chi connectivity index (χ3n) is 3.32. The lowest BCUT2D eigenvalue weighted by molar-refractivity contribution is -0.138. The predicted molar refractivity (Wildman–Crippen MR) is 70.3 cm³/mol. The molecule has 0 aliphatic carbocycles. The van der Waals surface area contributed by atoms with Gasteiger partial charge >= 0.3 is 6.18 Å². The topological polar surface area (TPSA) is 21.3 Å². The van der Waals surface area contributed by atoms with Crippen LogP contribution >= 0.6 is 15.9 Å². The van der Waals surface area contributed by atoms with Crippen molar-refractivity contribution < 1.29 is 17.9 Å². The second-order valence-corrected chi connectivity index (χ2v) is 5.43. The molecule has 2 nitrogen and oxygen atoms in total. The summed E-state index contributed by atoms with van der Waals surface area (Å²) in [4.78, 5) is 0. The van der Waals surface area contributed by atoms with Crippen molar-refractivity contribution in [1.29, 1.82) is 0 Å². The molecule has 0 saturated carbocycles. The number of rotatable bonds is 2. The zero-order valence-electron chi connectivity index (χ0n) is 10.5. The molecule has 0 radical (unpaired) electrons. The van der Waals surface area contributed by atoms with Gasteiger partial charge in [0.05, 0.1) is 17.1 Å². The summed E-state index contributed by atoms with van der Waals surface area (Å²) in [6, 6.07) is 2.34. The van der Waals surface area contributed by atoms with Gasteiger partial charge < -0.3 is 10.1 Å². The number of halogens is 4. The number of benzene rings is 1. The van der Waals surface area contributed by atoms with Gasteiger partial charge in [-0.25, -0.2) is 0 Å². The van der Waals surface area contributed by atoms with Crippen LogP contribution in [-0.2, 0) is 6.18 Å². The van der Waals surface area contributed by atoms with E-state index in [-0.39, 0.29) is 11.8 Å². The Hall–Kier alpha value is -0.750. The van der Waals surface area contributed by atoms with Crippen molar-refractivity contribution in [3.8, 4) is 5.75 Å². The maximum Gasteiger partial charge on any atom is 0.416 e. The molecule has 106 valence electrons. The Kier molecular flexibility index (Phi) is 4.40. The van der Waals surface area contributed by atoms with Crippen molar-refractivity contribution in [2.45, 2.75) is 31.5 Å². The van der Waals surface area contributed by atoms with E-state index in [9.17, 15) is 13.2 Å². The van der Waals surface area contributed by atoms with E-state index in [1.165, 1.54) is 13.2 Å². The largest absolute Gasteiger partial charge is 0.496 e. The molecule has 1 aliphatic rings. The molecule has 2 rings (SSSR count). The Balaban J connectivity index is 2.48. The van der Waals surface area contributed by atoms with Crippen molar-refractivity contribution in [1.82, 2.24) is 5.32 Å². The van der Waals surface area contributed by atoms with Gasteiger partial charge in [-0.05, 0) is 53.0 Å². The third kappa shape index (κ3) is 3.23. The minimum Gasteiger partial charge on any atom is -0.496 e. The van der Waals surface area contributed by atoms with Crippen LogP contribution in [0.15, 0.2) is 16.6 Å². The van der Waals surface area contributed by atoms with Crippen LogP contribution < -0.4 is 10.1 Å². The molecule has 0 aromatic heterocycles. The van der Waals surface area contributed by atoms with E-state index in [0.717, 1.165) is 31.9 Å². The van der Waals surface area contributed by atoms with E-state index < -0.39 is 11.7 Å². The van der Waals surface area contributed by atoms with Gasteiger partial charge in [0.25, 0.3) is 0 Å². The number of methoxy groups -OCH3 is 1. The van der Waals surface area contributed by atoms with Crippen LogP contribution in [0.4, 0.5) is 13.2 Å². The Bertz CT molecular complexity index is 456. The van der Waals surface area contributed by atoms with Gasteiger partial charge in [0, 0.05) is 6.04 Å².